The van der Waals surface area contributed by atoms with Gasteiger partial charge in [-0.05, 0) is 25.7 Å². The molecule has 2 rings (SSSR count). The fraction of sp³-hybridized carbons (Fsp3) is 0.636. The summed E-state index contributed by atoms with van der Waals surface area (Å²) in [6.07, 6.45) is 3.61. The first kappa shape index (κ1) is 11.5. The van der Waals surface area contributed by atoms with Crippen molar-refractivity contribution in [1.82, 2.24) is 9.55 Å². The Morgan fingerprint density at radius 2 is 2.31 bits per heavy atom. The smallest absolute Gasteiger partial charge is 0.327 e. The van der Waals surface area contributed by atoms with Gasteiger partial charge in [0.2, 0.25) is 0 Å². The van der Waals surface area contributed by atoms with Crippen molar-refractivity contribution in [3.8, 4) is 0 Å². The molecule has 0 amide bonds. The highest BCUT2D eigenvalue weighted by molar-refractivity contribution is 7.71. The minimum atomic E-state index is -0.188. The Kier molecular flexibility index (Phi) is 3.25. The van der Waals surface area contributed by atoms with Crippen LogP contribution in [-0.2, 0) is 12.8 Å². The van der Waals surface area contributed by atoms with Crippen molar-refractivity contribution in [3.63, 3.8) is 0 Å². The maximum absolute atomic E-state index is 11.9. The van der Waals surface area contributed by atoms with E-state index in [-0.39, 0.29) is 18.3 Å². The van der Waals surface area contributed by atoms with E-state index in [0.29, 0.717) is 4.64 Å². The fourth-order valence-corrected chi connectivity index (χ4v) is 2.68. The molecule has 1 aromatic heterocycles. The third-order valence-electron chi connectivity index (χ3n) is 3.24. The minimum absolute atomic E-state index is 0.00649. The summed E-state index contributed by atoms with van der Waals surface area (Å²) in [6.45, 7) is 1.96. The van der Waals surface area contributed by atoms with E-state index in [2.05, 4.69) is 4.98 Å². The lowest BCUT2D eigenvalue weighted by Crippen LogP contribution is -2.31. The zero-order valence-electron chi connectivity index (χ0n) is 9.32. The summed E-state index contributed by atoms with van der Waals surface area (Å²) in [6, 6.07) is -0.133. The van der Waals surface area contributed by atoms with Gasteiger partial charge in [0.05, 0.1) is 12.6 Å². The Balaban J connectivity index is 2.66. The van der Waals surface area contributed by atoms with Crippen molar-refractivity contribution in [1.29, 1.82) is 0 Å². The highest BCUT2D eigenvalue weighted by atomic mass is 32.1. The van der Waals surface area contributed by atoms with Crippen LogP contribution in [0.25, 0.3) is 0 Å². The van der Waals surface area contributed by atoms with Gasteiger partial charge >= 0.3 is 5.69 Å². The van der Waals surface area contributed by atoms with Crippen LogP contribution in [-0.4, -0.2) is 21.3 Å². The van der Waals surface area contributed by atoms with Crippen molar-refractivity contribution < 1.29 is 5.11 Å². The lowest BCUT2D eigenvalue weighted by Gasteiger charge is -2.19. The number of H-pyrrole nitrogens is 1. The van der Waals surface area contributed by atoms with Gasteiger partial charge in [0.1, 0.15) is 4.64 Å². The van der Waals surface area contributed by atoms with E-state index < -0.39 is 0 Å². The van der Waals surface area contributed by atoms with Crippen LogP contribution in [0, 0.1) is 4.64 Å². The largest absolute Gasteiger partial charge is 0.394 e. The summed E-state index contributed by atoms with van der Waals surface area (Å²) in [4.78, 5) is 14.6. The third-order valence-corrected chi connectivity index (χ3v) is 3.59. The van der Waals surface area contributed by atoms with Gasteiger partial charge in [-0.2, -0.15) is 0 Å². The number of fused-ring (bicyclic) bond motifs is 1. The van der Waals surface area contributed by atoms with Crippen molar-refractivity contribution in [3.05, 3.63) is 26.4 Å². The van der Waals surface area contributed by atoms with Crippen molar-refractivity contribution in [2.45, 2.75) is 38.6 Å². The zero-order chi connectivity index (χ0) is 11.7. The normalized spacial score (nSPS) is 16.1. The molecule has 0 saturated carbocycles. The highest BCUT2D eigenvalue weighted by Gasteiger charge is 2.21. The molecule has 5 heteroatoms. The third kappa shape index (κ3) is 1.74. The molecule has 1 heterocycles. The SMILES string of the molecule is CCC(CO)n1c2c(c(=S)[nH]c1=O)CCC2. The number of aromatic amines is 1. The Hall–Kier alpha value is -0.940. The van der Waals surface area contributed by atoms with E-state index >= 15 is 0 Å². The number of aliphatic hydroxyl groups is 1. The molecule has 0 aromatic carbocycles. The predicted molar refractivity (Wildman–Crippen MR) is 64.3 cm³/mol. The number of aromatic nitrogens is 2. The number of aliphatic hydroxyl groups excluding tert-OH is 1. The maximum Gasteiger partial charge on any atom is 0.327 e. The lowest BCUT2D eigenvalue weighted by atomic mass is 10.2. The summed E-state index contributed by atoms with van der Waals surface area (Å²) < 4.78 is 2.26. The molecule has 1 unspecified atom stereocenters. The molecule has 2 N–H and O–H groups in total. The van der Waals surface area contributed by atoms with Crippen LogP contribution in [0.2, 0.25) is 0 Å². The molecular formula is C11H16N2O2S. The summed E-state index contributed by atoms with van der Waals surface area (Å²) in [5.41, 5.74) is 1.92. The molecule has 88 valence electrons. The second-order valence-corrected chi connectivity index (χ2v) is 4.56. The van der Waals surface area contributed by atoms with Crippen molar-refractivity contribution >= 4 is 12.2 Å². The van der Waals surface area contributed by atoms with Crippen LogP contribution in [0.1, 0.15) is 37.1 Å². The topological polar surface area (TPSA) is 58.0 Å². The van der Waals surface area contributed by atoms with E-state index in [1.54, 1.807) is 4.57 Å². The Morgan fingerprint density at radius 3 is 2.94 bits per heavy atom. The standard InChI is InChI=1S/C11H16N2O2S/c1-2-7(6-14)13-9-5-3-4-8(9)10(16)12-11(13)15/h7,14H,2-6H2,1H3,(H,12,15,16). The first-order valence-corrected chi connectivity index (χ1v) is 6.07. The maximum atomic E-state index is 11.9. The summed E-state index contributed by atoms with van der Waals surface area (Å²) in [5, 5.41) is 9.30. The first-order chi connectivity index (χ1) is 7.69. The molecule has 0 saturated heterocycles. The number of nitrogens with zero attached hydrogens (tertiary/aromatic N) is 1. The summed E-state index contributed by atoms with van der Waals surface area (Å²) in [5.74, 6) is 0. The van der Waals surface area contributed by atoms with Crippen LogP contribution in [0.3, 0.4) is 0 Å². The highest BCUT2D eigenvalue weighted by Crippen LogP contribution is 2.23. The molecule has 0 radical (unpaired) electrons. The van der Waals surface area contributed by atoms with E-state index in [0.717, 1.165) is 36.9 Å². The monoisotopic (exact) mass is 240 g/mol. The predicted octanol–water partition coefficient (Wildman–Crippen LogP) is 1.34. The molecule has 0 aliphatic heterocycles. The Morgan fingerprint density at radius 1 is 1.56 bits per heavy atom. The molecule has 0 spiro atoms. The van der Waals surface area contributed by atoms with Gasteiger partial charge in [-0.15, -0.1) is 0 Å². The number of hydrogen-bond acceptors (Lipinski definition) is 3. The summed E-state index contributed by atoms with van der Waals surface area (Å²) in [7, 11) is 0. The van der Waals surface area contributed by atoms with Gasteiger partial charge in [-0.1, -0.05) is 19.1 Å². The van der Waals surface area contributed by atoms with Crippen LogP contribution >= 0.6 is 12.2 Å². The van der Waals surface area contributed by atoms with Crippen LogP contribution in [0.5, 0.6) is 0 Å². The molecule has 1 aliphatic carbocycles. The van der Waals surface area contributed by atoms with Gasteiger partial charge < -0.3 is 5.11 Å². The van der Waals surface area contributed by atoms with Crippen LogP contribution in [0.15, 0.2) is 4.79 Å². The van der Waals surface area contributed by atoms with Crippen LogP contribution in [0.4, 0.5) is 0 Å². The molecule has 0 fully saturated rings. The Bertz CT molecular complexity index is 500. The number of nitrogens with one attached hydrogen (secondary N) is 1. The van der Waals surface area contributed by atoms with E-state index in [1.165, 1.54) is 0 Å². The Labute approximate surface area is 98.9 Å². The summed E-state index contributed by atoms with van der Waals surface area (Å²) >= 11 is 5.15. The molecule has 1 aromatic rings. The van der Waals surface area contributed by atoms with Gasteiger partial charge in [0.25, 0.3) is 0 Å². The van der Waals surface area contributed by atoms with Crippen molar-refractivity contribution in [2.24, 2.45) is 0 Å². The minimum Gasteiger partial charge on any atom is -0.394 e. The van der Waals surface area contributed by atoms with E-state index in [9.17, 15) is 9.90 Å². The molecule has 4 nitrogen and oxygen atoms in total. The second kappa shape index (κ2) is 4.51. The van der Waals surface area contributed by atoms with Crippen LogP contribution < -0.4 is 5.69 Å². The van der Waals surface area contributed by atoms with Gasteiger partial charge in [-0.3, -0.25) is 9.55 Å². The zero-order valence-corrected chi connectivity index (χ0v) is 10.1. The molecular weight excluding hydrogens is 224 g/mol. The van der Waals surface area contributed by atoms with Gasteiger partial charge in [-0.25, -0.2) is 4.79 Å². The van der Waals surface area contributed by atoms with E-state index in [4.69, 9.17) is 12.2 Å². The average Bonchev–Trinajstić information content (AvgIpc) is 2.73. The molecule has 1 aliphatic rings. The molecule has 0 bridgehead atoms. The average molecular weight is 240 g/mol. The quantitative estimate of drug-likeness (QED) is 0.784. The van der Waals surface area contributed by atoms with Crippen molar-refractivity contribution in [2.75, 3.05) is 6.61 Å². The number of rotatable bonds is 3. The second-order valence-electron chi connectivity index (χ2n) is 4.15. The van der Waals surface area contributed by atoms with Gasteiger partial charge in [0.15, 0.2) is 0 Å². The first-order valence-electron chi connectivity index (χ1n) is 5.66. The van der Waals surface area contributed by atoms with Gasteiger partial charge in [0, 0.05) is 11.3 Å². The molecule has 1 atom stereocenters. The molecule has 16 heavy (non-hydrogen) atoms. The fourth-order valence-electron chi connectivity index (χ4n) is 2.37. The number of hydrogen-bond donors (Lipinski definition) is 2. The lowest BCUT2D eigenvalue weighted by molar-refractivity contribution is 0.218. The van der Waals surface area contributed by atoms with E-state index in [1.807, 2.05) is 6.92 Å².